The Balaban J connectivity index is 1.96. The van der Waals surface area contributed by atoms with Crippen molar-refractivity contribution in [3.8, 4) is 0 Å². The molecule has 0 saturated heterocycles. The summed E-state index contributed by atoms with van der Waals surface area (Å²) in [6.45, 7) is 4.45. The highest BCUT2D eigenvalue weighted by molar-refractivity contribution is 5.09. The number of alkyl halides is 2. The van der Waals surface area contributed by atoms with Crippen molar-refractivity contribution >= 4 is 0 Å². The summed E-state index contributed by atoms with van der Waals surface area (Å²) in [5.74, 6) is -1.71. The fourth-order valence-corrected chi connectivity index (χ4v) is 4.67. The van der Waals surface area contributed by atoms with Crippen LogP contribution in [0.3, 0.4) is 0 Å². The molecule has 86 valence electrons. The lowest BCUT2D eigenvalue weighted by atomic mass is 9.45. The van der Waals surface area contributed by atoms with Crippen LogP contribution >= 0.6 is 0 Å². The van der Waals surface area contributed by atoms with Crippen LogP contribution in [0, 0.1) is 29.1 Å². The van der Waals surface area contributed by atoms with Gasteiger partial charge in [0.2, 0.25) is 0 Å². The van der Waals surface area contributed by atoms with Gasteiger partial charge in [-0.3, -0.25) is 0 Å². The second kappa shape index (κ2) is 2.75. The van der Waals surface area contributed by atoms with E-state index in [1.54, 1.807) is 0 Å². The van der Waals surface area contributed by atoms with Crippen molar-refractivity contribution in [3.63, 3.8) is 0 Å². The van der Waals surface area contributed by atoms with E-state index in [1.165, 1.54) is 6.42 Å². The van der Waals surface area contributed by atoms with Crippen molar-refractivity contribution in [2.24, 2.45) is 29.1 Å². The molecule has 15 heavy (non-hydrogen) atoms. The smallest absolute Gasteiger partial charge is 0.206 e. The fraction of sp³-hybridized carbons (Fsp3) is 1.00. The average Bonchev–Trinajstić information content (AvgIpc) is 2.13. The molecule has 4 saturated carbocycles. The number of hydrogen-bond donors (Lipinski definition) is 0. The summed E-state index contributed by atoms with van der Waals surface area (Å²) in [6, 6.07) is 0. The van der Waals surface area contributed by atoms with E-state index in [9.17, 15) is 8.78 Å². The van der Waals surface area contributed by atoms with Gasteiger partial charge in [0.25, 0.3) is 5.92 Å². The van der Waals surface area contributed by atoms with E-state index in [2.05, 4.69) is 13.8 Å². The number of halogens is 2. The molecule has 4 fully saturated rings. The van der Waals surface area contributed by atoms with E-state index in [1.807, 2.05) is 0 Å². The largest absolute Gasteiger partial charge is 0.253 e. The van der Waals surface area contributed by atoms with Crippen LogP contribution in [0.15, 0.2) is 0 Å². The highest BCUT2D eigenvalue weighted by atomic mass is 19.3. The molecule has 4 aliphatic rings. The lowest BCUT2D eigenvalue weighted by Gasteiger charge is -2.61. The van der Waals surface area contributed by atoms with Crippen LogP contribution in [-0.2, 0) is 0 Å². The third kappa shape index (κ3) is 1.17. The van der Waals surface area contributed by atoms with Crippen LogP contribution in [0.1, 0.15) is 46.0 Å². The van der Waals surface area contributed by atoms with Crippen molar-refractivity contribution in [2.45, 2.75) is 51.9 Å². The Morgan fingerprint density at radius 1 is 1.00 bits per heavy atom. The first kappa shape index (κ1) is 10.0. The Kier molecular flexibility index (Phi) is 1.84. The molecule has 0 heterocycles. The Labute approximate surface area is 90.4 Å². The van der Waals surface area contributed by atoms with Crippen molar-refractivity contribution in [3.05, 3.63) is 0 Å². The maximum Gasteiger partial charge on any atom is 0.253 e. The minimum absolute atomic E-state index is 0.276. The highest BCUT2D eigenvalue weighted by Gasteiger charge is 2.64. The second-order valence-electron chi connectivity index (χ2n) is 6.54. The molecule has 0 aromatic carbocycles. The standard InChI is InChI=1S/C13H20F2/c1-8(2)12-5-9-3-10(6-12)13(14,15)11(4-9)7-12/h8-11H,3-7H2,1-2H3. The Bertz CT molecular complexity index is 264. The van der Waals surface area contributed by atoms with Gasteiger partial charge in [-0.1, -0.05) is 13.8 Å². The summed E-state index contributed by atoms with van der Waals surface area (Å²) in [7, 11) is 0. The first-order valence-corrected chi connectivity index (χ1v) is 6.32. The van der Waals surface area contributed by atoms with E-state index in [0.717, 1.165) is 25.7 Å². The van der Waals surface area contributed by atoms with E-state index >= 15 is 0 Å². The van der Waals surface area contributed by atoms with Gasteiger partial charge in [0.1, 0.15) is 0 Å². The van der Waals surface area contributed by atoms with Crippen LogP contribution < -0.4 is 0 Å². The number of rotatable bonds is 1. The summed E-state index contributed by atoms with van der Waals surface area (Å²) in [4.78, 5) is 0. The van der Waals surface area contributed by atoms with Crippen LogP contribution in [0.4, 0.5) is 8.78 Å². The van der Waals surface area contributed by atoms with Crippen molar-refractivity contribution in [1.29, 1.82) is 0 Å². The van der Waals surface area contributed by atoms with Crippen LogP contribution in [0.25, 0.3) is 0 Å². The highest BCUT2D eigenvalue weighted by Crippen LogP contribution is 2.67. The molecular formula is C13H20F2. The summed E-state index contributed by atoms with van der Waals surface area (Å²) >= 11 is 0. The van der Waals surface area contributed by atoms with Crippen LogP contribution in [0.5, 0.6) is 0 Å². The van der Waals surface area contributed by atoms with E-state index in [0.29, 0.717) is 11.8 Å². The third-order valence-corrected chi connectivity index (χ3v) is 5.55. The first-order chi connectivity index (χ1) is 6.94. The Morgan fingerprint density at radius 2 is 1.53 bits per heavy atom. The second-order valence-corrected chi connectivity index (χ2v) is 6.54. The molecule has 2 heteroatoms. The molecule has 0 N–H and O–H groups in total. The fourth-order valence-electron chi connectivity index (χ4n) is 4.67. The van der Waals surface area contributed by atoms with Crippen molar-refractivity contribution in [1.82, 2.24) is 0 Å². The minimum atomic E-state index is -2.34. The van der Waals surface area contributed by atoms with Gasteiger partial charge in [0.05, 0.1) is 0 Å². The average molecular weight is 214 g/mol. The Morgan fingerprint density at radius 3 is 2.00 bits per heavy atom. The summed E-state index contributed by atoms with van der Waals surface area (Å²) in [5, 5.41) is 0. The molecule has 0 aromatic rings. The predicted molar refractivity (Wildman–Crippen MR) is 55.8 cm³/mol. The van der Waals surface area contributed by atoms with Gasteiger partial charge >= 0.3 is 0 Å². The van der Waals surface area contributed by atoms with E-state index in [4.69, 9.17) is 0 Å². The van der Waals surface area contributed by atoms with Gasteiger partial charge in [-0.2, -0.15) is 0 Å². The maximum atomic E-state index is 13.9. The molecule has 2 atom stereocenters. The molecule has 0 nitrogen and oxygen atoms in total. The zero-order valence-electron chi connectivity index (χ0n) is 9.60. The van der Waals surface area contributed by atoms with Gasteiger partial charge in [0.15, 0.2) is 0 Å². The summed E-state index contributed by atoms with van der Waals surface area (Å²) in [6.07, 6.45) is 4.43. The van der Waals surface area contributed by atoms with Gasteiger partial charge in [-0.05, 0) is 49.4 Å². The molecule has 0 aromatic heterocycles. The van der Waals surface area contributed by atoms with Gasteiger partial charge in [0, 0.05) is 11.8 Å². The quantitative estimate of drug-likeness (QED) is 0.616. The maximum absolute atomic E-state index is 13.9. The lowest BCUT2D eigenvalue weighted by molar-refractivity contribution is -0.234. The minimum Gasteiger partial charge on any atom is -0.206 e. The summed E-state index contributed by atoms with van der Waals surface area (Å²) < 4.78 is 27.9. The predicted octanol–water partition coefficient (Wildman–Crippen LogP) is 4.10. The van der Waals surface area contributed by atoms with E-state index in [-0.39, 0.29) is 17.3 Å². The SMILES string of the molecule is CC(C)C12CC3CC(C1)C(F)(F)C(C3)C2. The molecule has 4 bridgehead atoms. The molecule has 0 spiro atoms. The molecule has 0 amide bonds. The lowest BCUT2D eigenvalue weighted by Crippen LogP contribution is -2.58. The van der Waals surface area contributed by atoms with Crippen molar-refractivity contribution < 1.29 is 8.78 Å². The topological polar surface area (TPSA) is 0 Å². The Hall–Kier alpha value is -0.140. The molecular weight excluding hydrogens is 194 g/mol. The van der Waals surface area contributed by atoms with Gasteiger partial charge in [-0.25, -0.2) is 8.78 Å². The molecule has 4 rings (SSSR count). The van der Waals surface area contributed by atoms with E-state index < -0.39 is 5.92 Å². The summed E-state index contributed by atoms with van der Waals surface area (Å²) in [5.41, 5.74) is 0.276. The zero-order valence-corrected chi connectivity index (χ0v) is 9.60. The monoisotopic (exact) mass is 214 g/mol. The van der Waals surface area contributed by atoms with Crippen LogP contribution in [0.2, 0.25) is 0 Å². The third-order valence-electron chi connectivity index (χ3n) is 5.55. The first-order valence-electron chi connectivity index (χ1n) is 6.32. The molecule has 0 radical (unpaired) electrons. The molecule has 4 aliphatic carbocycles. The zero-order chi connectivity index (χ0) is 10.8. The van der Waals surface area contributed by atoms with Crippen molar-refractivity contribution in [2.75, 3.05) is 0 Å². The number of hydrogen-bond acceptors (Lipinski definition) is 0. The van der Waals surface area contributed by atoms with Gasteiger partial charge < -0.3 is 0 Å². The van der Waals surface area contributed by atoms with Gasteiger partial charge in [-0.15, -0.1) is 0 Å². The molecule has 0 aliphatic heterocycles. The molecule has 2 unspecified atom stereocenters. The normalized spacial score (nSPS) is 51.4. The van der Waals surface area contributed by atoms with Crippen LogP contribution in [-0.4, -0.2) is 5.92 Å².